The lowest BCUT2D eigenvalue weighted by Crippen LogP contribution is -2.35. The van der Waals surface area contributed by atoms with E-state index < -0.39 is 47.7 Å². The Morgan fingerprint density at radius 3 is 2.16 bits per heavy atom. The van der Waals surface area contributed by atoms with Crippen molar-refractivity contribution in [3.63, 3.8) is 0 Å². The lowest BCUT2D eigenvalue weighted by Gasteiger charge is -2.36. The largest absolute Gasteiger partial charge is 0.496 e. The van der Waals surface area contributed by atoms with Crippen molar-refractivity contribution in [3.8, 4) is 16.9 Å². The summed E-state index contributed by atoms with van der Waals surface area (Å²) in [7, 11) is 2.87. The Morgan fingerprint density at radius 2 is 1.59 bits per heavy atom. The zero-order valence-electron chi connectivity index (χ0n) is 27.9. The average Bonchev–Trinajstić information content (AvgIpc) is 3.31. The third kappa shape index (κ3) is 7.43. The van der Waals surface area contributed by atoms with Crippen LogP contribution in [0.2, 0.25) is 0 Å². The molecule has 262 valence electrons. The van der Waals surface area contributed by atoms with Crippen molar-refractivity contribution in [2.45, 2.75) is 71.5 Å². The molecule has 3 aromatic rings. The summed E-state index contributed by atoms with van der Waals surface area (Å²) < 4.78 is 97.8. The maximum absolute atomic E-state index is 13.6. The molecule has 0 radical (unpaired) electrons. The molecule has 0 unspecified atom stereocenters. The van der Waals surface area contributed by atoms with Crippen molar-refractivity contribution in [3.05, 3.63) is 93.6 Å². The monoisotopic (exact) mass is 689 g/mol. The number of aryl methyl sites for hydroxylation is 1. The number of methoxy groups -OCH3 is 2. The smallest absolute Gasteiger partial charge is 0.416 e. The van der Waals surface area contributed by atoms with Crippen molar-refractivity contribution in [2.24, 2.45) is 5.41 Å². The molecule has 1 saturated heterocycles. The second kappa shape index (κ2) is 13.1. The van der Waals surface area contributed by atoms with E-state index in [1.165, 1.54) is 12.0 Å². The van der Waals surface area contributed by atoms with Gasteiger partial charge in [0.05, 0.1) is 37.0 Å². The van der Waals surface area contributed by atoms with Gasteiger partial charge in [-0.25, -0.2) is 9.59 Å². The zero-order chi connectivity index (χ0) is 36.1. The first-order chi connectivity index (χ1) is 22.8. The lowest BCUT2D eigenvalue weighted by molar-refractivity contribution is -0.143. The predicted molar refractivity (Wildman–Crippen MR) is 171 cm³/mol. The molecular formula is C37H37F6NO5. The Bertz CT molecular complexity index is 1780. The molecule has 0 saturated carbocycles. The molecule has 1 heterocycles. The van der Waals surface area contributed by atoms with E-state index in [9.17, 15) is 35.9 Å². The fraction of sp³-hybridized carbons (Fsp3) is 0.405. The molecule has 3 aromatic carbocycles. The molecule has 1 aliphatic carbocycles. The third-order valence-electron chi connectivity index (χ3n) is 9.35. The number of hydrogen-bond acceptors (Lipinski definition) is 5. The number of carbonyl (C=O) groups is 2. The standard InChI is InChI=1S/C37H37F6NO5/c1-20-13-23(33(45)48-6)7-9-28(20)22-8-10-31(47-5)30(16-22)29-11-12-35(3,4)18-25(29)19-44-21(2)32(49-34(44)46)24-14-26(36(38,39)40)17-27(15-24)37(41,42)43/h7-10,13-17,21,32H,11-12,18-19H2,1-6H3/t21-,32-/m0/s1. The van der Waals surface area contributed by atoms with Gasteiger partial charge in [0.25, 0.3) is 0 Å². The number of alkyl halides is 6. The van der Waals surface area contributed by atoms with E-state index in [1.807, 2.05) is 31.2 Å². The molecule has 0 bridgehead atoms. The SMILES string of the molecule is COC(=O)c1ccc(-c2ccc(OC)c(C3=C(CN4C(=O)O[C@H](c5cc(C(F)(F)F)cc(C(F)(F)F)c5)[C@@H]4C)CC(C)(C)CC3)c2)c(C)c1. The van der Waals surface area contributed by atoms with Crippen molar-refractivity contribution in [1.82, 2.24) is 4.90 Å². The van der Waals surface area contributed by atoms with Crippen molar-refractivity contribution in [2.75, 3.05) is 20.8 Å². The highest BCUT2D eigenvalue weighted by molar-refractivity contribution is 5.91. The van der Waals surface area contributed by atoms with Crippen LogP contribution >= 0.6 is 0 Å². The summed E-state index contributed by atoms with van der Waals surface area (Å²) in [4.78, 5) is 26.7. The van der Waals surface area contributed by atoms with Crippen LogP contribution in [0.5, 0.6) is 5.75 Å². The summed E-state index contributed by atoms with van der Waals surface area (Å²) in [5, 5.41) is 0. The van der Waals surface area contributed by atoms with E-state index in [0.717, 1.165) is 39.8 Å². The summed E-state index contributed by atoms with van der Waals surface area (Å²) >= 11 is 0. The van der Waals surface area contributed by atoms with Crippen LogP contribution in [0.25, 0.3) is 16.7 Å². The highest BCUT2D eigenvalue weighted by Crippen LogP contribution is 2.47. The van der Waals surface area contributed by atoms with Crippen LogP contribution in [0.1, 0.15) is 84.3 Å². The zero-order valence-corrected chi connectivity index (χ0v) is 27.9. The quantitative estimate of drug-likeness (QED) is 0.183. The minimum atomic E-state index is -5.04. The molecule has 12 heteroatoms. The van der Waals surface area contributed by atoms with E-state index in [2.05, 4.69) is 13.8 Å². The van der Waals surface area contributed by atoms with E-state index in [-0.39, 0.29) is 23.6 Å². The maximum atomic E-state index is 13.6. The minimum Gasteiger partial charge on any atom is -0.496 e. The highest BCUT2D eigenvalue weighted by atomic mass is 19.4. The number of rotatable bonds is 7. The van der Waals surface area contributed by atoms with Gasteiger partial charge in [0.2, 0.25) is 0 Å². The second-order valence-corrected chi connectivity index (χ2v) is 13.4. The summed E-state index contributed by atoms with van der Waals surface area (Å²) in [5.74, 6) is 0.147. The van der Waals surface area contributed by atoms with Gasteiger partial charge < -0.3 is 14.2 Å². The van der Waals surface area contributed by atoms with Crippen LogP contribution in [0.3, 0.4) is 0 Å². The normalized spacial score (nSPS) is 19.6. The number of allylic oxidation sites excluding steroid dienone is 1. The Balaban J connectivity index is 1.54. The van der Waals surface area contributed by atoms with Gasteiger partial charge in [0.1, 0.15) is 11.9 Å². The van der Waals surface area contributed by atoms with Gasteiger partial charge in [-0.1, -0.05) is 26.0 Å². The van der Waals surface area contributed by atoms with Crippen LogP contribution in [0.15, 0.2) is 60.2 Å². The molecule has 2 atom stereocenters. The molecular weight excluding hydrogens is 652 g/mol. The highest BCUT2D eigenvalue weighted by Gasteiger charge is 2.44. The van der Waals surface area contributed by atoms with Crippen LogP contribution in [0, 0.1) is 12.3 Å². The first-order valence-corrected chi connectivity index (χ1v) is 15.7. The van der Waals surface area contributed by atoms with Gasteiger partial charge in [0.15, 0.2) is 0 Å². The van der Waals surface area contributed by atoms with E-state index in [0.29, 0.717) is 36.3 Å². The molecule has 1 amide bonds. The fourth-order valence-corrected chi connectivity index (χ4v) is 6.74. The Labute approximate surface area is 280 Å². The third-order valence-corrected chi connectivity index (χ3v) is 9.35. The van der Waals surface area contributed by atoms with Crippen molar-refractivity contribution < 1.29 is 50.1 Å². The molecule has 0 aromatic heterocycles. The number of esters is 1. The summed E-state index contributed by atoms with van der Waals surface area (Å²) in [6, 6.07) is 11.4. The van der Waals surface area contributed by atoms with Crippen molar-refractivity contribution >= 4 is 17.6 Å². The Hall–Kier alpha value is -4.48. The van der Waals surface area contributed by atoms with Gasteiger partial charge in [-0.15, -0.1) is 0 Å². The minimum absolute atomic E-state index is 0.0560. The summed E-state index contributed by atoms with van der Waals surface area (Å²) in [6.45, 7) is 7.69. The molecule has 0 spiro atoms. The number of amides is 1. The molecule has 1 aliphatic heterocycles. The number of ether oxygens (including phenoxy) is 3. The topological polar surface area (TPSA) is 65.1 Å². The molecule has 5 rings (SSSR count). The van der Waals surface area contributed by atoms with Gasteiger partial charge in [-0.05, 0) is 114 Å². The molecule has 2 aliphatic rings. The first kappa shape index (κ1) is 35.8. The number of nitrogens with zero attached hydrogens (tertiary/aromatic N) is 1. The van der Waals surface area contributed by atoms with Gasteiger partial charge in [-0.3, -0.25) is 4.90 Å². The Kier molecular flexibility index (Phi) is 9.57. The van der Waals surface area contributed by atoms with Crippen LogP contribution in [-0.2, 0) is 21.8 Å². The van der Waals surface area contributed by atoms with Crippen LogP contribution < -0.4 is 4.74 Å². The van der Waals surface area contributed by atoms with Crippen LogP contribution in [-0.4, -0.2) is 43.8 Å². The number of carbonyl (C=O) groups excluding carboxylic acids is 2. The number of benzene rings is 3. The van der Waals surface area contributed by atoms with Gasteiger partial charge >= 0.3 is 24.4 Å². The van der Waals surface area contributed by atoms with E-state index >= 15 is 0 Å². The second-order valence-electron chi connectivity index (χ2n) is 13.4. The van der Waals surface area contributed by atoms with Gasteiger partial charge in [-0.2, -0.15) is 26.3 Å². The predicted octanol–water partition coefficient (Wildman–Crippen LogP) is 10.0. The van der Waals surface area contributed by atoms with Crippen LogP contribution in [0.4, 0.5) is 31.1 Å². The molecule has 1 fully saturated rings. The summed E-state index contributed by atoms with van der Waals surface area (Å²) in [5.41, 5.74) is 2.15. The Morgan fingerprint density at radius 1 is 0.939 bits per heavy atom. The van der Waals surface area contributed by atoms with E-state index in [4.69, 9.17) is 14.2 Å². The van der Waals surface area contributed by atoms with Gasteiger partial charge in [0, 0.05) is 12.1 Å². The van der Waals surface area contributed by atoms with Crippen molar-refractivity contribution in [1.29, 1.82) is 0 Å². The number of halogens is 6. The van der Waals surface area contributed by atoms with E-state index in [1.54, 1.807) is 26.2 Å². The molecule has 0 N–H and O–H groups in total. The number of hydrogen-bond donors (Lipinski definition) is 0. The molecule has 49 heavy (non-hydrogen) atoms. The first-order valence-electron chi connectivity index (χ1n) is 15.7. The lowest BCUT2D eigenvalue weighted by atomic mass is 9.72. The molecule has 6 nitrogen and oxygen atoms in total. The fourth-order valence-electron chi connectivity index (χ4n) is 6.74. The maximum Gasteiger partial charge on any atom is 0.416 e. The average molecular weight is 690 g/mol. The summed E-state index contributed by atoms with van der Waals surface area (Å²) in [6.07, 6.45) is -10.2. The number of cyclic esters (lactones) is 1.